The first-order valence-corrected chi connectivity index (χ1v) is 9.19. The van der Waals surface area contributed by atoms with Crippen molar-refractivity contribution in [3.8, 4) is 0 Å². The summed E-state index contributed by atoms with van der Waals surface area (Å²) in [5.41, 5.74) is 1.72. The molecule has 1 aromatic carbocycles. The Hall–Kier alpha value is -3.00. The summed E-state index contributed by atoms with van der Waals surface area (Å²) in [6.07, 6.45) is 3.21. The monoisotopic (exact) mass is 426 g/mol. The fourth-order valence-electron chi connectivity index (χ4n) is 2.37. The van der Waals surface area contributed by atoms with Gasteiger partial charge in [0.2, 0.25) is 0 Å². The second-order valence-electron chi connectivity index (χ2n) is 5.79. The lowest BCUT2D eigenvalue weighted by molar-refractivity contribution is 0.0954. The first-order chi connectivity index (χ1) is 13.1. The van der Waals surface area contributed by atoms with Crippen molar-refractivity contribution in [2.24, 2.45) is 0 Å². The van der Waals surface area contributed by atoms with E-state index in [1.165, 1.54) is 6.33 Å². The van der Waals surface area contributed by atoms with Crippen molar-refractivity contribution in [1.82, 2.24) is 20.3 Å². The van der Waals surface area contributed by atoms with Gasteiger partial charge in [0, 0.05) is 29.8 Å². The standard InChI is InChI=1S/C19H19BrN6O/c1-13-6-7-21-17(10-13)26-18-11-16(24-12-25-18)22-8-9-23-19(27)14-4-2-3-5-15(14)20/h2-7,10-12H,8-9H2,1H3,(H,23,27)(H2,21,22,24,25,26). The lowest BCUT2D eigenvalue weighted by Crippen LogP contribution is -2.29. The maximum atomic E-state index is 12.2. The van der Waals surface area contributed by atoms with Gasteiger partial charge in [0.25, 0.3) is 5.91 Å². The molecule has 2 aromatic heterocycles. The Morgan fingerprint density at radius 1 is 1.00 bits per heavy atom. The number of anilines is 3. The zero-order valence-corrected chi connectivity index (χ0v) is 16.3. The molecule has 0 unspecified atom stereocenters. The smallest absolute Gasteiger partial charge is 0.252 e. The van der Waals surface area contributed by atoms with Gasteiger partial charge >= 0.3 is 0 Å². The summed E-state index contributed by atoms with van der Waals surface area (Å²) in [5.74, 6) is 1.90. The number of rotatable bonds is 7. The van der Waals surface area contributed by atoms with Crippen LogP contribution >= 0.6 is 15.9 Å². The average molecular weight is 427 g/mol. The molecule has 3 N–H and O–H groups in total. The molecular formula is C19H19BrN6O. The van der Waals surface area contributed by atoms with Crippen LogP contribution < -0.4 is 16.0 Å². The first kappa shape index (κ1) is 18.8. The molecule has 7 nitrogen and oxygen atoms in total. The normalized spacial score (nSPS) is 10.3. The van der Waals surface area contributed by atoms with Crippen LogP contribution in [0.2, 0.25) is 0 Å². The molecule has 27 heavy (non-hydrogen) atoms. The highest BCUT2D eigenvalue weighted by Gasteiger charge is 2.08. The van der Waals surface area contributed by atoms with Crippen molar-refractivity contribution in [3.05, 3.63) is 70.6 Å². The second kappa shape index (κ2) is 9.09. The van der Waals surface area contributed by atoms with Crippen molar-refractivity contribution in [3.63, 3.8) is 0 Å². The van der Waals surface area contributed by atoms with Gasteiger partial charge in [-0.2, -0.15) is 0 Å². The van der Waals surface area contributed by atoms with Gasteiger partial charge in [0.15, 0.2) is 0 Å². The number of aromatic nitrogens is 3. The van der Waals surface area contributed by atoms with Crippen LogP contribution in [-0.4, -0.2) is 33.9 Å². The topological polar surface area (TPSA) is 91.8 Å². The molecular weight excluding hydrogens is 408 g/mol. The van der Waals surface area contributed by atoms with Crippen molar-refractivity contribution in [2.75, 3.05) is 23.7 Å². The van der Waals surface area contributed by atoms with Crippen molar-refractivity contribution in [2.45, 2.75) is 6.92 Å². The molecule has 0 fully saturated rings. The Morgan fingerprint density at radius 3 is 2.59 bits per heavy atom. The van der Waals surface area contributed by atoms with Crippen LogP contribution in [0, 0.1) is 6.92 Å². The molecule has 8 heteroatoms. The number of pyridine rings is 1. The molecule has 138 valence electrons. The minimum atomic E-state index is -0.125. The van der Waals surface area contributed by atoms with E-state index in [2.05, 4.69) is 46.8 Å². The zero-order valence-electron chi connectivity index (χ0n) is 14.7. The Morgan fingerprint density at radius 2 is 1.78 bits per heavy atom. The summed E-state index contributed by atoms with van der Waals surface area (Å²) in [7, 11) is 0. The highest BCUT2D eigenvalue weighted by Crippen LogP contribution is 2.16. The van der Waals surface area contributed by atoms with E-state index < -0.39 is 0 Å². The Kier molecular flexibility index (Phi) is 6.32. The predicted octanol–water partition coefficient (Wildman–Crippen LogP) is 3.53. The third-order valence-electron chi connectivity index (χ3n) is 3.67. The van der Waals surface area contributed by atoms with E-state index >= 15 is 0 Å². The van der Waals surface area contributed by atoms with Crippen molar-refractivity contribution < 1.29 is 4.79 Å². The van der Waals surface area contributed by atoms with E-state index in [0.717, 1.165) is 15.9 Å². The third kappa shape index (κ3) is 5.49. The summed E-state index contributed by atoms with van der Waals surface area (Å²) < 4.78 is 0.770. The molecule has 0 saturated carbocycles. The number of halogens is 1. The summed E-state index contributed by atoms with van der Waals surface area (Å²) in [4.78, 5) is 24.8. The van der Waals surface area contributed by atoms with Crippen LogP contribution in [0.4, 0.5) is 17.5 Å². The van der Waals surface area contributed by atoms with Gasteiger partial charge in [0.05, 0.1) is 5.56 Å². The highest BCUT2D eigenvalue weighted by molar-refractivity contribution is 9.10. The predicted molar refractivity (Wildman–Crippen MR) is 109 cm³/mol. The molecule has 0 spiro atoms. The largest absolute Gasteiger partial charge is 0.368 e. The van der Waals surface area contributed by atoms with Crippen LogP contribution in [0.15, 0.2) is 59.5 Å². The minimum absolute atomic E-state index is 0.125. The average Bonchev–Trinajstić information content (AvgIpc) is 2.66. The Labute approximate surface area is 165 Å². The molecule has 0 aliphatic heterocycles. The molecule has 3 rings (SSSR count). The molecule has 2 heterocycles. The molecule has 0 aliphatic carbocycles. The van der Waals surface area contributed by atoms with Crippen molar-refractivity contribution >= 4 is 39.3 Å². The van der Waals surface area contributed by atoms with Crippen LogP contribution in [0.3, 0.4) is 0 Å². The van der Waals surface area contributed by atoms with E-state index in [0.29, 0.717) is 30.3 Å². The van der Waals surface area contributed by atoms with E-state index in [4.69, 9.17) is 0 Å². The Balaban J connectivity index is 1.50. The molecule has 0 bridgehead atoms. The zero-order chi connectivity index (χ0) is 19.1. The van der Waals surface area contributed by atoms with Gasteiger partial charge < -0.3 is 16.0 Å². The van der Waals surface area contributed by atoms with Crippen LogP contribution in [0.1, 0.15) is 15.9 Å². The number of aryl methyl sites for hydroxylation is 1. The van der Waals surface area contributed by atoms with E-state index in [1.54, 1.807) is 18.3 Å². The number of carbonyl (C=O) groups excluding carboxylic acids is 1. The van der Waals surface area contributed by atoms with E-state index in [9.17, 15) is 4.79 Å². The van der Waals surface area contributed by atoms with E-state index in [1.807, 2.05) is 37.3 Å². The fraction of sp³-hybridized carbons (Fsp3) is 0.158. The number of nitrogens with zero attached hydrogens (tertiary/aromatic N) is 3. The van der Waals surface area contributed by atoms with Gasteiger partial charge in [-0.15, -0.1) is 0 Å². The number of benzene rings is 1. The van der Waals surface area contributed by atoms with Crippen molar-refractivity contribution in [1.29, 1.82) is 0 Å². The number of carbonyl (C=O) groups is 1. The van der Waals surface area contributed by atoms with Crippen LogP contribution in [0.5, 0.6) is 0 Å². The van der Waals surface area contributed by atoms with Gasteiger partial charge in [-0.25, -0.2) is 15.0 Å². The molecule has 0 atom stereocenters. The first-order valence-electron chi connectivity index (χ1n) is 8.40. The van der Waals surface area contributed by atoms with Gasteiger partial charge in [-0.3, -0.25) is 4.79 Å². The number of nitrogens with one attached hydrogen (secondary N) is 3. The molecule has 0 radical (unpaired) electrons. The number of hydrogen-bond donors (Lipinski definition) is 3. The van der Waals surface area contributed by atoms with Crippen LogP contribution in [0.25, 0.3) is 0 Å². The third-order valence-corrected chi connectivity index (χ3v) is 4.37. The summed E-state index contributed by atoms with van der Waals surface area (Å²) in [5, 5.41) is 9.18. The fourth-order valence-corrected chi connectivity index (χ4v) is 2.83. The minimum Gasteiger partial charge on any atom is -0.368 e. The molecule has 0 saturated heterocycles. The molecule has 0 aliphatic rings. The molecule has 1 amide bonds. The van der Waals surface area contributed by atoms with E-state index in [-0.39, 0.29) is 5.91 Å². The lowest BCUT2D eigenvalue weighted by atomic mass is 10.2. The Bertz CT molecular complexity index is 933. The maximum absolute atomic E-state index is 12.2. The highest BCUT2D eigenvalue weighted by atomic mass is 79.9. The van der Waals surface area contributed by atoms with Crippen LogP contribution in [-0.2, 0) is 0 Å². The lowest BCUT2D eigenvalue weighted by Gasteiger charge is -2.10. The molecule has 3 aromatic rings. The summed E-state index contributed by atoms with van der Waals surface area (Å²) in [6.45, 7) is 3.00. The quantitative estimate of drug-likeness (QED) is 0.500. The van der Waals surface area contributed by atoms with Gasteiger partial charge in [0.1, 0.15) is 23.8 Å². The summed E-state index contributed by atoms with van der Waals surface area (Å²) >= 11 is 3.38. The SMILES string of the molecule is Cc1ccnc(Nc2cc(NCCNC(=O)c3ccccc3Br)ncn2)c1. The van der Waals surface area contributed by atoms with Gasteiger partial charge in [-0.05, 0) is 52.7 Å². The maximum Gasteiger partial charge on any atom is 0.252 e. The second-order valence-corrected chi connectivity index (χ2v) is 6.65. The summed E-state index contributed by atoms with van der Waals surface area (Å²) in [6, 6.07) is 13.0. The number of amides is 1. The number of hydrogen-bond acceptors (Lipinski definition) is 6. The van der Waals surface area contributed by atoms with Gasteiger partial charge in [-0.1, -0.05) is 12.1 Å².